The summed E-state index contributed by atoms with van der Waals surface area (Å²) in [5, 5.41) is 10.3. The third-order valence-corrected chi connectivity index (χ3v) is 5.95. The zero-order valence-electron chi connectivity index (χ0n) is 16.6. The number of aromatic nitrogens is 3. The van der Waals surface area contributed by atoms with Gasteiger partial charge in [-0.2, -0.15) is 0 Å². The lowest BCUT2D eigenvalue weighted by atomic mass is 10.1. The molecular formula is C22H24N4O2S. The van der Waals surface area contributed by atoms with Crippen LogP contribution < -0.4 is 10.1 Å². The Balaban J connectivity index is 1.31. The Bertz CT molecular complexity index is 1020. The van der Waals surface area contributed by atoms with Crippen LogP contribution in [0.3, 0.4) is 0 Å². The zero-order valence-corrected chi connectivity index (χ0v) is 17.4. The summed E-state index contributed by atoms with van der Waals surface area (Å²) in [5.74, 6) is 1.39. The summed E-state index contributed by atoms with van der Waals surface area (Å²) in [6.45, 7) is 4.15. The zero-order chi connectivity index (χ0) is 20.2. The summed E-state index contributed by atoms with van der Waals surface area (Å²) in [5.41, 5.74) is 4.66. The summed E-state index contributed by atoms with van der Waals surface area (Å²) < 4.78 is 5.78. The quantitative estimate of drug-likeness (QED) is 0.570. The summed E-state index contributed by atoms with van der Waals surface area (Å²) in [6, 6.07) is 14.0. The normalized spacial score (nSPS) is 13.7. The van der Waals surface area contributed by atoms with Gasteiger partial charge in [0.05, 0.1) is 5.25 Å². The molecule has 6 nitrogen and oxygen atoms in total. The molecule has 0 fully saturated rings. The maximum atomic E-state index is 12.5. The van der Waals surface area contributed by atoms with Crippen LogP contribution in [-0.4, -0.2) is 26.3 Å². The molecule has 0 saturated heterocycles. The molecule has 150 valence electrons. The van der Waals surface area contributed by atoms with Crippen molar-refractivity contribution in [3.8, 4) is 5.75 Å². The van der Waals surface area contributed by atoms with Crippen molar-refractivity contribution in [3.63, 3.8) is 0 Å². The number of carbonyl (C=O) groups is 1. The van der Waals surface area contributed by atoms with E-state index >= 15 is 0 Å². The fourth-order valence-corrected chi connectivity index (χ4v) is 4.11. The minimum Gasteiger partial charge on any atom is -0.485 e. The van der Waals surface area contributed by atoms with Crippen molar-refractivity contribution in [1.29, 1.82) is 0 Å². The molecular weight excluding hydrogens is 384 g/mol. The summed E-state index contributed by atoms with van der Waals surface area (Å²) >= 11 is 1.32. The predicted octanol–water partition coefficient (Wildman–Crippen LogP) is 4.30. The summed E-state index contributed by atoms with van der Waals surface area (Å²) in [6.07, 6.45) is 3.42. The van der Waals surface area contributed by atoms with Gasteiger partial charge in [0.15, 0.2) is 5.82 Å². The van der Waals surface area contributed by atoms with Crippen molar-refractivity contribution in [1.82, 2.24) is 15.2 Å². The monoisotopic (exact) mass is 408 g/mol. The highest BCUT2D eigenvalue weighted by Gasteiger charge is 2.18. The predicted molar refractivity (Wildman–Crippen MR) is 114 cm³/mol. The highest BCUT2D eigenvalue weighted by atomic mass is 32.2. The Kier molecular flexibility index (Phi) is 5.85. The molecule has 29 heavy (non-hydrogen) atoms. The van der Waals surface area contributed by atoms with E-state index in [9.17, 15) is 4.79 Å². The molecule has 0 spiro atoms. The summed E-state index contributed by atoms with van der Waals surface area (Å²) in [4.78, 5) is 17.0. The molecule has 0 saturated carbocycles. The number of H-pyrrole nitrogens is 1. The number of benzene rings is 2. The van der Waals surface area contributed by atoms with Crippen LogP contribution in [0, 0.1) is 6.92 Å². The molecule has 1 aliphatic rings. The molecule has 1 amide bonds. The number of amides is 1. The number of fused-ring (bicyclic) bond motifs is 1. The lowest BCUT2D eigenvalue weighted by molar-refractivity contribution is -0.115. The van der Waals surface area contributed by atoms with Gasteiger partial charge < -0.3 is 10.1 Å². The minimum atomic E-state index is -0.316. The standard InChI is InChI=1S/C22H24N4O2S/c1-14-6-3-4-9-19(14)28-13-20-24-22(26-25-20)29-15(2)21(27)23-18-11-10-16-7-5-8-17(16)12-18/h3-4,6,9-12,15H,5,7-8,13H2,1-2H3,(H,23,27)(H,24,25,26)/t15-/m0/s1. The number of anilines is 1. The van der Waals surface area contributed by atoms with Crippen LogP contribution in [0.5, 0.6) is 5.75 Å². The van der Waals surface area contributed by atoms with Crippen molar-refractivity contribution in [2.75, 3.05) is 5.32 Å². The second kappa shape index (κ2) is 8.69. The van der Waals surface area contributed by atoms with Gasteiger partial charge in [0.25, 0.3) is 0 Å². The largest absolute Gasteiger partial charge is 0.485 e. The number of ether oxygens (including phenoxy) is 1. The fourth-order valence-electron chi connectivity index (χ4n) is 3.36. The van der Waals surface area contributed by atoms with Gasteiger partial charge in [-0.3, -0.25) is 9.89 Å². The van der Waals surface area contributed by atoms with Gasteiger partial charge in [-0.25, -0.2) is 4.98 Å². The van der Waals surface area contributed by atoms with Crippen LogP contribution in [-0.2, 0) is 24.2 Å². The van der Waals surface area contributed by atoms with E-state index in [0.29, 0.717) is 17.6 Å². The molecule has 1 aromatic heterocycles. The average Bonchev–Trinajstić information content (AvgIpc) is 3.36. The van der Waals surface area contributed by atoms with Gasteiger partial charge in [0, 0.05) is 5.69 Å². The van der Waals surface area contributed by atoms with E-state index in [-0.39, 0.29) is 11.2 Å². The maximum Gasteiger partial charge on any atom is 0.237 e. The number of para-hydroxylation sites is 1. The van der Waals surface area contributed by atoms with Crippen LogP contribution >= 0.6 is 11.8 Å². The molecule has 4 rings (SSSR count). The molecule has 0 radical (unpaired) electrons. The van der Waals surface area contributed by atoms with E-state index in [1.54, 1.807) is 0 Å². The molecule has 1 aliphatic carbocycles. The Labute approximate surface area is 174 Å². The topological polar surface area (TPSA) is 79.9 Å². The number of rotatable bonds is 7. The van der Waals surface area contributed by atoms with Crippen LogP contribution in [0.15, 0.2) is 47.6 Å². The number of hydrogen-bond donors (Lipinski definition) is 2. The average molecular weight is 409 g/mol. The van der Waals surface area contributed by atoms with Crippen LogP contribution in [0.4, 0.5) is 5.69 Å². The Morgan fingerprint density at radius 3 is 2.93 bits per heavy atom. The van der Waals surface area contributed by atoms with Crippen LogP contribution in [0.25, 0.3) is 0 Å². The second-order valence-electron chi connectivity index (χ2n) is 7.21. The minimum absolute atomic E-state index is 0.0598. The lowest BCUT2D eigenvalue weighted by Crippen LogP contribution is -2.22. The number of aryl methyl sites for hydroxylation is 3. The van der Waals surface area contributed by atoms with Crippen molar-refractivity contribution in [2.24, 2.45) is 0 Å². The van der Waals surface area contributed by atoms with E-state index in [1.165, 1.54) is 29.3 Å². The van der Waals surface area contributed by atoms with E-state index in [2.05, 4.69) is 32.6 Å². The molecule has 2 aromatic carbocycles. The number of thioether (sulfide) groups is 1. The number of nitrogens with one attached hydrogen (secondary N) is 2. The fraction of sp³-hybridized carbons (Fsp3) is 0.318. The van der Waals surface area contributed by atoms with Crippen LogP contribution in [0.2, 0.25) is 0 Å². The first-order chi connectivity index (χ1) is 14.1. The molecule has 0 unspecified atom stereocenters. The van der Waals surface area contributed by atoms with Crippen molar-refractivity contribution in [3.05, 3.63) is 65.0 Å². The van der Waals surface area contributed by atoms with E-state index in [0.717, 1.165) is 29.8 Å². The molecule has 3 aromatic rings. The van der Waals surface area contributed by atoms with Gasteiger partial charge in [0.2, 0.25) is 11.1 Å². The van der Waals surface area contributed by atoms with E-state index in [4.69, 9.17) is 4.74 Å². The van der Waals surface area contributed by atoms with Gasteiger partial charge in [0.1, 0.15) is 12.4 Å². The highest BCUT2D eigenvalue weighted by molar-refractivity contribution is 8.00. The molecule has 2 N–H and O–H groups in total. The molecule has 7 heteroatoms. The van der Waals surface area contributed by atoms with Crippen molar-refractivity contribution in [2.45, 2.75) is 50.1 Å². The van der Waals surface area contributed by atoms with Gasteiger partial charge in [-0.15, -0.1) is 5.10 Å². The molecule has 0 aliphatic heterocycles. The molecule has 1 atom stereocenters. The molecule has 1 heterocycles. The van der Waals surface area contributed by atoms with E-state index in [1.807, 2.05) is 44.2 Å². The van der Waals surface area contributed by atoms with E-state index < -0.39 is 0 Å². The van der Waals surface area contributed by atoms with Crippen LogP contribution in [0.1, 0.15) is 35.9 Å². The highest BCUT2D eigenvalue weighted by Crippen LogP contribution is 2.26. The third kappa shape index (κ3) is 4.79. The smallest absolute Gasteiger partial charge is 0.237 e. The Hall–Kier alpha value is -2.80. The first kappa shape index (κ1) is 19.5. The number of nitrogens with zero attached hydrogens (tertiary/aromatic N) is 2. The van der Waals surface area contributed by atoms with Crippen molar-refractivity contribution < 1.29 is 9.53 Å². The van der Waals surface area contributed by atoms with Gasteiger partial charge >= 0.3 is 0 Å². The Morgan fingerprint density at radius 2 is 2.07 bits per heavy atom. The summed E-state index contributed by atoms with van der Waals surface area (Å²) in [7, 11) is 0. The molecule has 0 bridgehead atoms. The number of hydrogen-bond acceptors (Lipinski definition) is 5. The number of carbonyl (C=O) groups excluding carboxylic acids is 1. The Morgan fingerprint density at radius 1 is 1.24 bits per heavy atom. The van der Waals surface area contributed by atoms with Gasteiger partial charge in [-0.1, -0.05) is 36.0 Å². The lowest BCUT2D eigenvalue weighted by Gasteiger charge is -2.11. The first-order valence-corrected chi connectivity index (χ1v) is 10.7. The number of aromatic amines is 1. The van der Waals surface area contributed by atoms with Crippen molar-refractivity contribution >= 4 is 23.4 Å². The SMILES string of the molecule is Cc1ccccc1OCc1nc(S[C@@H](C)C(=O)Nc2ccc3c(c2)CCC3)n[nH]1. The second-order valence-corrected chi connectivity index (χ2v) is 8.51. The first-order valence-electron chi connectivity index (χ1n) is 9.77. The maximum absolute atomic E-state index is 12.5. The van der Waals surface area contributed by atoms with Gasteiger partial charge in [-0.05, 0) is 68.0 Å². The third-order valence-electron chi connectivity index (χ3n) is 4.99.